The van der Waals surface area contributed by atoms with Gasteiger partial charge in [-0.1, -0.05) is 12.1 Å². The lowest BCUT2D eigenvalue weighted by atomic mass is 10.2. The van der Waals surface area contributed by atoms with Gasteiger partial charge >= 0.3 is 0 Å². The van der Waals surface area contributed by atoms with E-state index in [1.54, 1.807) is 13.2 Å². The average molecular weight is 308 g/mol. The first-order chi connectivity index (χ1) is 8.70. The Bertz CT molecular complexity index is 543. The van der Waals surface area contributed by atoms with E-state index in [0.717, 1.165) is 21.5 Å². The second kappa shape index (κ2) is 5.78. The largest absolute Gasteiger partial charge is 0.496 e. The van der Waals surface area contributed by atoms with Crippen LogP contribution >= 0.6 is 15.9 Å². The van der Waals surface area contributed by atoms with Crippen molar-refractivity contribution < 1.29 is 9.47 Å². The Morgan fingerprint density at radius 2 is 1.89 bits per heavy atom. The number of nitrogens with two attached hydrogens (primary N) is 1. The number of anilines is 1. The molecule has 0 aliphatic rings. The van der Waals surface area contributed by atoms with Gasteiger partial charge in [-0.3, -0.25) is 0 Å². The number of para-hydroxylation sites is 1. The van der Waals surface area contributed by atoms with Crippen molar-refractivity contribution >= 4 is 21.6 Å². The summed E-state index contributed by atoms with van der Waals surface area (Å²) in [6.07, 6.45) is 0. The monoisotopic (exact) mass is 307 g/mol. The second-order valence-electron chi connectivity index (χ2n) is 3.79. The summed E-state index contributed by atoms with van der Waals surface area (Å²) in [7, 11) is 1.62. The molecule has 0 fully saturated rings. The molecule has 0 spiro atoms. The van der Waals surface area contributed by atoms with Gasteiger partial charge in [-0.15, -0.1) is 0 Å². The SMILES string of the molecule is COc1cc(N)ccc1COc1ccccc1Br. The normalized spacial score (nSPS) is 10.1. The van der Waals surface area contributed by atoms with Crippen LogP contribution in [0.3, 0.4) is 0 Å². The average Bonchev–Trinajstić information content (AvgIpc) is 2.39. The third-order valence-electron chi connectivity index (χ3n) is 2.53. The molecule has 18 heavy (non-hydrogen) atoms. The molecule has 0 atom stereocenters. The lowest BCUT2D eigenvalue weighted by Crippen LogP contribution is -2.00. The maximum Gasteiger partial charge on any atom is 0.133 e. The predicted octanol–water partition coefficient (Wildman–Crippen LogP) is 3.62. The van der Waals surface area contributed by atoms with Crippen LogP contribution in [0.5, 0.6) is 11.5 Å². The molecule has 4 heteroatoms. The summed E-state index contributed by atoms with van der Waals surface area (Å²) in [6, 6.07) is 13.3. The molecule has 0 saturated heterocycles. The van der Waals surface area contributed by atoms with Crippen LogP contribution in [-0.2, 0) is 6.61 Å². The van der Waals surface area contributed by atoms with Crippen LogP contribution in [0.2, 0.25) is 0 Å². The van der Waals surface area contributed by atoms with E-state index in [1.807, 2.05) is 36.4 Å². The number of benzene rings is 2. The lowest BCUT2D eigenvalue weighted by molar-refractivity contribution is 0.295. The Balaban J connectivity index is 2.13. The predicted molar refractivity (Wildman–Crippen MR) is 75.9 cm³/mol. The van der Waals surface area contributed by atoms with Gasteiger partial charge in [0.1, 0.15) is 18.1 Å². The van der Waals surface area contributed by atoms with Gasteiger partial charge in [0.2, 0.25) is 0 Å². The minimum Gasteiger partial charge on any atom is -0.496 e. The number of halogens is 1. The van der Waals surface area contributed by atoms with Crippen molar-refractivity contribution in [2.45, 2.75) is 6.61 Å². The lowest BCUT2D eigenvalue weighted by Gasteiger charge is -2.11. The number of hydrogen-bond donors (Lipinski definition) is 1. The first-order valence-electron chi connectivity index (χ1n) is 5.50. The topological polar surface area (TPSA) is 44.5 Å². The molecular weight excluding hydrogens is 294 g/mol. The fraction of sp³-hybridized carbons (Fsp3) is 0.143. The van der Waals surface area contributed by atoms with E-state index in [2.05, 4.69) is 15.9 Å². The third-order valence-corrected chi connectivity index (χ3v) is 3.19. The summed E-state index contributed by atoms with van der Waals surface area (Å²) in [4.78, 5) is 0. The quantitative estimate of drug-likeness (QED) is 0.877. The summed E-state index contributed by atoms with van der Waals surface area (Å²) < 4.78 is 11.9. The molecule has 2 rings (SSSR count). The van der Waals surface area contributed by atoms with E-state index < -0.39 is 0 Å². The molecule has 3 nitrogen and oxygen atoms in total. The zero-order valence-electron chi connectivity index (χ0n) is 10.0. The number of hydrogen-bond acceptors (Lipinski definition) is 3. The highest BCUT2D eigenvalue weighted by Gasteiger charge is 2.05. The molecule has 2 N–H and O–H groups in total. The molecule has 0 unspecified atom stereocenters. The molecule has 2 aromatic rings. The van der Waals surface area contributed by atoms with Gasteiger partial charge in [0.25, 0.3) is 0 Å². The van der Waals surface area contributed by atoms with Crippen molar-refractivity contribution in [3.8, 4) is 11.5 Å². The first-order valence-corrected chi connectivity index (χ1v) is 6.29. The van der Waals surface area contributed by atoms with E-state index in [0.29, 0.717) is 12.3 Å². The third kappa shape index (κ3) is 2.96. The van der Waals surface area contributed by atoms with Gasteiger partial charge in [0, 0.05) is 17.3 Å². The Morgan fingerprint density at radius 1 is 1.11 bits per heavy atom. The van der Waals surface area contributed by atoms with Gasteiger partial charge in [0.15, 0.2) is 0 Å². The maximum atomic E-state index is 5.74. The maximum absolute atomic E-state index is 5.74. The summed E-state index contributed by atoms with van der Waals surface area (Å²) in [5, 5.41) is 0. The van der Waals surface area contributed by atoms with Gasteiger partial charge in [-0.25, -0.2) is 0 Å². The van der Waals surface area contributed by atoms with Crippen molar-refractivity contribution in [2.24, 2.45) is 0 Å². The van der Waals surface area contributed by atoms with Crippen LogP contribution < -0.4 is 15.2 Å². The zero-order chi connectivity index (χ0) is 13.0. The molecule has 0 saturated carbocycles. The minimum absolute atomic E-state index is 0.437. The van der Waals surface area contributed by atoms with Gasteiger partial charge < -0.3 is 15.2 Å². The number of methoxy groups -OCH3 is 1. The molecule has 0 aliphatic carbocycles. The van der Waals surface area contributed by atoms with E-state index in [4.69, 9.17) is 15.2 Å². The molecular formula is C14H14BrNO2. The number of nitrogen functional groups attached to an aromatic ring is 1. The highest BCUT2D eigenvalue weighted by Crippen LogP contribution is 2.27. The van der Waals surface area contributed by atoms with Crippen LogP contribution in [0.4, 0.5) is 5.69 Å². The molecule has 0 aromatic heterocycles. The van der Waals surface area contributed by atoms with Gasteiger partial charge in [-0.2, -0.15) is 0 Å². The summed E-state index contributed by atoms with van der Waals surface area (Å²) in [5.41, 5.74) is 7.34. The molecule has 0 amide bonds. The van der Waals surface area contributed by atoms with Gasteiger partial charge in [0.05, 0.1) is 11.6 Å². The minimum atomic E-state index is 0.437. The Morgan fingerprint density at radius 3 is 2.61 bits per heavy atom. The van der Waals surface area contributed by atoms with Crippen LogP contribution in [0, 0.1) is 0 Å². The van der Waals surface area contributed by atoms with E-state index >= 15 is 0 Å². The molecule has 0 bridgehead atoms. The summed E-state index contributed by atoms with van der Waals surface area (Å²) in [5.74, 6) is 1.54. The van der Waals surface area contributed by atoms with Crippen LogP contribution in [0.15, 0.2) is 46.9 Å². The smallest absolute Gasteiger partial charge is 0.133 e. The standard InChI is InChI=1S/C14H14BrNO2/c1-17-14-8-11(16)7-6-10(14)9-18-13-5-3-2-4-12(13)15/h2-8H,9,16H2,1H3. The summed E-state index contributed by atoms with van der Waals surface area (Å²) >= 11 is 3.44. The highest BCUT2D eigenvalue weighted by atomic mass is 79.9. The van der Waals surface area contributed by atoms with Crippen LogP contribution in [-0.4, -0.2) is 7.11 Å². The molecule has 0 heterocycles. The number of rotatable bonds is 4. The Kier molecular flexibility index (Phi) is 4.10. The van der Waals surface area contributed by atoms with E-state index in [1.165, 1.54) is 0 Å². The van der Waals surface area contributed by atoms with Gasteiger partial charge in [-0.05, 0) is 40.2 Å². The van der Waals surface area contributed by atoms with Crippen molar-refractivity contribution in [1.82, 2.24) is 0 Å². The summed E-state index contributed by atoms with van der Waals surface area (Å²) in [6.45, 7) is 0.437. The Labute approximate surface area is 115 Å². The van der Waals surface area contributed by atoms with E-state index in [9.17, 15) is 0 Å². The zero-order valence-corrected chi connectivity index (χ0v) is 11.6. The Hall–Kier alpha value is -1.68. The van der Waals surface area contributed by atoms with Crippen molar-refractivity contribution in [3.63, 3.8) is 0 Å². The van der Waals surface area contributed by atoms with Crippen LogP contribution in [0.25, 0.3) is 0 Å². The molecule has 2 aromatic carbocycles. The second-order valence-corrected chi connectivity index (χ2v) is 4.64. The van der Waals surface area contributed by atoms with Crippen molar-refractivity contribution in [1.29, 1.82) is 0 Å². The molecule has 0 aliphatic heterocycles. The number of ether oxygens (including phenoxy) is 2. The molecule has 94 valence electrons. The first kappa shape index (κ1) is 12.8. The fourth-order valence-corrected chi connectivity index (χ4v) is 2.00. The van der Waals surface area contributed by atoms with Crippen molar-refractivity contribution in [2.75, 3.05) is 12.8 Å². The van der Waals surface area contributed by atoms with Crippen LogP contribution in [0.1, 0.15) is 5.56 Å². The van der Waals surface area contributed by atoms with Crippen molar-refractivity contribution in [3.05, 3.63) is 52.5 Å². The fourth-order valence-electron chi connectivity index (χ4n) is 1.60. The van der Waals surface area contributed by atoms with E-state index in [-0.39, 0.29) is 0 Å². The molecule has 0 radical (unpaired) electrons. The highest BCUT2D eigenvalue weighted by molar-refractivity contribution is 9.10.